The molecule has 0 saturated carbocycles. The third kappa shape index (κ3) is 2.34. The van der Waals surface area contributed by atoms with E-state index in [0.717, 1.165) is 0 Å². The molecule has 0 aromatic carbocycles. The molecule has 74 valence electrons. The van der Waals surface area contributed by atoms with Gasteiger partial charge in [0.05, 0.1) is 18.3 Å². The Balaban J connectivity index is 2.50. The Labute approximate surface area is 78.7 Å². The fourth-order valence-electron chi connectivity index (χ4n) is 1.63. The van der Waals surface area contributed by atoms with Crippen molar-refractivity contribution in [2.75, 3.05) is 6.54 Å². The third-order valence-electron chi connectivity index (χ3n) is 2.41. The second-order valence-corrected chi connectivity index (χ2v) is 3.28. The van der Waals surface area contributed by atoms with Gasteiger partial charge in [-0.05, 0) is 25.8 Å². The molecule has 0 radical (unpaired) electrons. The van der Waals surface area contributed by atoms with Gasteiger partial charge in [-0.3, -0.25) is 0 Å². The fraction of sp³-hybridized carbons (Fsp3) is 1.00. The Hall–Kier alpha value is -0.770. The van der Waals surface area contributed by atoms with Crippen LogP contribution in [0.15, 0.2) is 5.11 Å². The van der Waals surface area contributed by atoms with Gasteiger partial charge in [-0.25, -0.2) is 0 Å². The van der Waals surface area contributed by atoms with E-state index in [4.69, 9.17) is 11.6 Å². The monoisotopic (exact) mass is 186 g/mol. The Morgan fingerprint density at radius 2 is 2.46 bits per heavy atom. The molecule has 1 N–H and O–H groups in total. The summed E-state index contributed by atoms with van der Waals surface area (Å²) in [6, 6.07) is 0. The zero-order chi connectivity index (χ0) is 10.6. The van der Waals surface area contributed by atoms with Gasteiger partial charge < -0.3 is 9.84 Å². The molecule has 1 heterocycles. The van der Waals surface area contributed by atoms with E-state index in [1.807, 2.05) is 0 Å². The topological polar surface area (TPSA) is 78.2 Å². The summed E-state index contributed by atoms with van der Waals surface area (Å²) in [4.78, 5) is 2.65. The van der Waals surface area contributed by atoms with Crippen molar-refractivity contribution in [2.45, 2.75) is 38.6 Å². The number of aliphatic hydroxyl groups is 1. The van der Waals surface area contributed by atoms with E-state index in [-0.39, 0.29) is 25.0 Å². The summed E-state index contributed by atoms with van der Waals surface area (Å²) in [7, 11) is 0. The van der Waals surface area contributed by atoms with E-state index in [0.29, 0.717) is 13.0 Å². The maximum atomic E-state index is 9.72. The van der Waals surface area contributed by atoms with Crippen LogP contribution >= 0.6 is 0 Å². The molecular weight excluding hydrogens is 170 g/mol. The van der Waals surface area contributed by atoms with Gasteiger partial charge in [0.2, 0.25) is 0 Å². The zero-order valence-electron chi connectivity index (χ0n) is 8.63. The molecule has 1 fully saturated rings. The lowest BCUT2D eigenvalue weighted by Gasteiger charge is -2.15. The number of nitrogens with zero attached hydrogens (tertiary/aromatic N) is 3. The molecule has 1 unspecified atom stereocenters. The number of hydrogen-bond donors (Lipinski definition) is 1. The lowest BCUT2D eigenvalue weighted by molar-refractivity contribution is 0.0287. The first kappa shape index (κ1) is 8.81. The second kappa shape index (κ2) is 4.46. The van der Waals surface area contributed by atoms with E-state index in [1.54, 1.807) is 6.92 Å². The van der Waals surface area contributed by atoms with Crippen molar-refractivity contribution in [1.29, 1.82) is 0 Å². The van der Waals surface area contributed by atoms with Gasteiger partial charge in [0, 0.05) is 18.7 Å². The first-order valence-electron chi connectivity index (χ1n) is 5.05. The largest absolute Gasteiger partial charge is 0.390 e. The molecule has 1 rings (SSSR count). The Kier molecular flexibility index (Phi) is 3.02. The van der Waals surface area contributed by atoms with Crippen LogP contribution in [0.1, 0.15) is 21.6 Å². The summed E-state index contributed by atoms with van der Waals surface area (Å²) in [6.07, 6.45) is -0.409. The molecule has 0 aromatic rings. The predicted octanol–water partition coefficient (Wildman–Crippen LogP) is 1.47. The van der Waals surface area contributed by atoms with Crippen LogP contribution in [0.5, 0.6) is 0 Å². The van der Waals surface area contributed by atoms with Crippen LogP contribution in [0.4, 0.5) is 0 Å². The van der Waals surface area contributed by atoms with Crippen molar-refractivity contribution < 1.29 is 11.2 Å². The number of azide groups is 1. The maximum absolute atomic E-state index is 9.72. The van der Waals surface area contributed by atoms with E-state index >= 15 is 0 Å². The van der Waals surface area contributed by atoms with Gasteiger partial charge >= 0.3 is 0 Å². The highest BCUT2D eigenvalue weighted by molar-refractivity contribution is 4.86. The minimum absolute atomic E-state index is 0.0759. The van der Waals surface area contributed by atoms with E-state index in [9.17, 15) is 5.11 Å². The maximum Gasteiger partial charge on any atom is 0.0851 e. The molecule has 5 nitrogen and oxygen atoms in total. The highest BCUT2D eigenvalue weighted by atomic mass is 16.5. The Morgan fingerprint density at radius 3 is 3.08 bits per heavy atom. The summed E-state index contributed by atoms with van der Waals surface area (Å²) >= 11 is 0. The lowest BCUT2D eigenvalue weighted by Crippen LogP contribution is -2.25. The molecule has 5 heteroatoms. The van der Waals surface area contributed by atoms with Crippen LogP contribution < -0.4 is 0 Å². The van der Waals surface area contributed by atoms with Crippen LogP contribution in [-0.4, -0.2) is 30.0 Å². The third-order valence-corrected chi connectivity index (χ3v) is 2.41. The molecule has 0 amide bonds. The van der Waals surface area contributed by atoms with Crippen LogP contribution in [0.3, 0.4) is 0 Å². The molecule has 13 heavy (non-hydrogen) atoms. The van der Waals surface area contributed by atoms with E-state index in [2.05, 4.69) is 10.0 Å². The van der Waals surface area contributed by atoms with Gasteiger partial charge in [0.1, 0.15) is 0 Å². The van der Waals surface area contributed by atoms with Crippen LogP contribution in [0.2, 0.25) is 0 Å². The predicted molar refractivity (Wildman–Crippen MR) is 48.1 cm³/mol. The van der Waals surface area contributed by atoms with Crippen LogP contribution in [0, 0.1) is 5.92 Å². The molecule has 0 aromatic heterocycles. The van der Waals surface area contributed by atoms with Crippen molar-refractivity contribution in [2.24, 2.45) is 11.0 Å². The molecule has 0 aliphatic carbocycles. The van der Waals surface area contributed by atoms with Crippen LogP contribution in [0.25, 0.3) is 10.4 Å². The number of ether oxygens (including phenoxy) is 1. The molecule has 4 atom stereocenters. The molecule has 1 saturated heterocycles. The zero-order valence-corrected chi connectivity index (χ0v) is 7.63. The SMILES string of the molecule is [2H]C[C@H]1O[C@@H](C)[C@@H](O)C1CCN=[N+]=[N-]. The summed E-state index contributed by atoms with van der Waals surface area (Å²) in [5.41, 5.74) is 8.11. The van der Waals surface area contributed by atoms with Gasteiger partial charge in [0.15, 0.2) is 0 Å². The second-order valence-electron chi connectivity index (χ2n) is 3.28. The van der Waals surface area contributed by atoms with Crippen molar-refractivity contribution in [3.8, 4) is 0 Å². The van der Waals surface area contributed by atoms with E-state index < -0.39 is 6.10 Å². The summed E-state index contributed by atoms with van der Waals surface area (Å²) in [5, 5.41) is 13.1. The molecule has 0 spiro atoms. The normalized spacial score (nSPS) is 39.7. The van der Waals surface area contributed by atoms with E-state index in [1.165, 1.54) is 0 Å². The molecule has 1 aliphatic rings. The standard InChI is InChI=1S/C8H15N3O2/c1-5-7(3-4-10-11-9)8(12)6(2)13-5/h5-8,12H,3-4H2,1-2H3/t5-,6+,7?,8-/m1/s1/i1D. The summed E-state index contributed by atoms with van der Waals surface area (Å²) in [6.45, 7) is 2.29. The van der Waals surface area contributed by atoms with Gasteiger partial charge in [-0.2, -0.15) is 0 Å². The molecular formula is C8H15N3O2. The average molecular weight is 186 g/mol. The number of hydrogen-bond acceptors (Lipinski definition) is 3. The average Bonchev–Trinajstić information content (AvgIpc) is 2.45. The Bertz CT molecular complexity index is 233. The quantitative estimate of drug-likeness (QED) is 0.411. The molecule has 1 aliphatic heterocycles. The van der Waals surface area contributed by atoms with Gasteiger partial charge in [0.25, 0.3) is 0 Å². The minimum atomic E-state index is -0.542. The lowest BCUT2D eigenvalue weighted by atomic mass is 9.94. The smallest absolute Gasteiger partial charge is 0.0851 e. The number of aliphatic hydroxyl groups excluding tert-OH is 1. The van der Waals surface area contributed by atoms with Crippen molar-refractivity contribution in [3.63, 3.8) is 0 Å². The van der Waals surface area contributed by atoms with Gasteiger partial charge in [-0.1, -0.05) is 5.11 Å². The highest BCUT2D eigenvalue weighted by Crippen LogP contribution is 2.29. The Morgan fingerprint density at radius 1 is 1.69 bits per heavy atom. The fourth-order valence-corrected chi connectivity index (χ4v) is 1.63. The highest BCUT2D eigenvalue weighted by Gasteiger charge is 2.37. The van der Waals surface area contributed by atoms with Crippen molar-refractivity contribution in [3.05, 3.63) is 10.4 Å². The van der Waals surface area contributed by atoms with Crippen molar-refractivity contribution in [1.82, 2.24) is 0 Å². The molecule has 0 bridgehead atoms. The first-order valence-corrected chi connectivity index (χ1v) is 4.34. The number of rotatable bonds is 3. The van der Waals surface area contributed by atoms with Crippen LogP contribution in [-0.2, 0) is 4.74 Å². The van der Waals surface area contributed by atoms with Crippen molar-refractivity contribution >= 4 is 0 Å². The first-order chi connectivity index (χ1) is 6.70. The summed E-state index contributed by atoms with van der Waals surface area (Å²) in [5.74, 6) is -0.0759. The van der Waals surface area contributed by atoms with Gasteiger partial charge in [-0.15, -0.1) is 0 Å². The summed E-state index contributed by atoms with van der Waals surface area (Å²) < 4.78 is 12.6. The minimum Gasteiger partial charge on any atom is -0.390 e.